The Morgan fingerprint density at radius 2 is 2.29 bits per heavy atom. The van der Waals surface area contributed by atoms with E-state index in [1.807, 2.05) is 0 Å². The molecule has 2 bridgehead atoms. The SMILES string of the molecule is [2H]C1([2H])c2ccc(OC)cc2[C@@]23C([2H])([2H])C([2H])([2H])N(C)[C@@H]1[C@@]2([2H])C([2H])([2H])C([2H])(C)C([2H])([2H])C3([2H])[2H]. The summed E-state index contributed by atoms with van der Waals surface area (Å²) < 4.78 is 130. The zero-order valence-electron chi connectivity index (χ0n) is 26.2. The highest BCUT2D eigenvalue weighted by Crippen LogP contribution is 2.56. The van der Waals surface area contributed by atoms with Crippen molar-refractivity contribution in [3.05, 3.63) is 29.3 Å². The van der Waals surface area contributed by atoms with E-state index < -0.39 is 67.2 Å². The van der Waals surface area contributed by atoms with Crippen LogP contribution < -0.4 is 4.74 Å². The molecule has 0 amide bonds. The second-order valence-electron chi connectivity index (χ2n) is 5.47. The number of benzene rings is 1. The average molecular weight is 300 g/mol. The van der Waals surface area contributed by atoms with E-state index in [4.69, 9.17) is 22.6 Å². The van der Waals surface area contributed by atoms with Crippen LogP contribution in [0.1, 0.15) is 62.7 Å². The minimum Gasteiger partial charge on any atom is -0.497 e. The van der Waals surface area contributed by atoms with Crippen molar-refractivity contribution in [1.29, 1.82) is 0 Å². The van der Waals surface area contributed by atoms with Crippen molar-refractivity contribution >= 4 is 0 Å². The fourth-order valence-electron chi connectivity index (χ4n) is 3.07. The summed E-state index contributed by atoms with van der Waals surface area (Å²) in [7, 11) is 2.25. The molecule has 0 spiro atoms. The molecule has 114 valence electrons. The van der Waals surface area contributed by atoms with Crippen LogP contribution in [0.3, 0.4) is 0 Å². The van der Waals surface area contributed by atoms with Crippen LogP contribution in [-0.2, 0) is 11.8 Å². The largest absolute Gasteiger partial charge is 0.497 e. The predicted molar refractivity (Wildman–Crippen MR) is 85.9 cm³/mol. The molecular formula is C19H27NO. The number of hydrogen-bond donors (Lipinski definition) is 0. The molecule has 1 aliphatic heterocycles. The monoisotopic (exact) mass is 299 g/mol. The molecule has 2 fully saturated rings. The number of fused-ring (bicyclic) bond motifs is 1. The molecule has 3 aliphatic rings. The van der Waals surface area contributed by atoms with Gasteiger partial charge < -0.3 is 9.64 Å². The van der Waals surface area contributed by atoms with Gasteiger partial charge in [-0.1, -0.05) is 13.0 Å². The fourth-order valence-corrected chi connectivity index (χ4v) is 3.07. The number of hydrogen-bond acceptors (Lipinski definition) is 2. The van der Waals surface area contributed by atoms with Crippen LogP contribution in [-0.4, -0.2) is 31.6 Å². The van der Waals surface area contributed by atoms with Crippen LogP contribution in [0.2, 0.25) is 0 Å². The maximum absolute atomic E-state index is 9.62. The molecule has 1 heterocycles. The van der Waals surface area contributed by atoms with Crippen molar-refractivity contribution in [2.75, 3.05) is 20.7 Å². The van der Waals surface area contributed by atoms with E-state index in [9.17, 15) is 1.37 Å². The van der Waals surface area contributed by atoms with Crippen LogP contribution in [0.5, 0.6) is 5.75 Å². The first-order chi connectivity index (χ1) is 15.4. The molecule has 2 heteroatoms. The van der Waals surface area contributed by atoms with Gasteiger partial charge in [0.25, 0.3) is 0 Å². The lowest BCUT2D eigenvalue weighted by Gasteiger charge is -2.59. The zero-order valence-corrected chi connectivity index (χ0v) is 12.2. The number of likely N-dealkylation sites (N-methyl/N-ethyl adjacent to an activating group) is 1. The van der Waals surface area contributed by atoms with Crippen molar-refractivity contribution < 1.29 is 23.9 Å². The van der Waals surface area contributed by atoms with Gasteiger partial charge in [-0.05, 0) is 80.5 Å². The van der Waals surface area contributed by atoms with E-state index in [1.54, 1.807) is 0 Å². The van der Waals surface area contributed by atoms with Crippen molar-refractivity contribution in [1.82, 2.24) is 4.90 Å². The maximum atomic E-state index is 9.62. The van der Waals surface area contributed by atoms with Crippen LogP contribution >= 0.6 is 0 Å². The number of methoxy groups -OCH3 is 1. The summed E-state index contributed by atoms with van der Waals surface area (Å²) in [5.74, 6) is -6.24. The van der Waals surface area contributed by atoms with Gasteiger partial charge in [-0.2, -0.15) is 0 Å². The van der Waals surface area contributed by atoms with E-state index in [2.05, 4.69) is 0 Å². The number of likely N-dealkylation sites (tertiary alicyclic amines) is 1. The number of rotatable bonds is 1. The minimum absolute atomic E-state index is 0.0128. The van der Waals surface area contributed by atoms with E-state index >= 15 is 0 Å². The molecule has 1 unspecified atom stereocenters. The third kappa shape index (κ3) is 1.88. The molecule has 1 aromatic rings. The molecule has 0 N–H and O–H groups in total. The topological polar surface area (TPSA) is 12.5 Å². The second kappa shape index (κ2) is 4.74. The van der Waals surface area contributed by atoms with Crippen LogP contribution in [0.25, 0.3) is 0 Å². The molecule has 2 aliphatic carbocycles. The Kier molecular flexibility index (Phi) is 1.19. The van der Waals surface area contributed by atoms with E-state index in [0.717, 1.165) is 20.0 Å². The Hall–Kier alpha value is -1.02. The van der Waals surface area contributed by atoms with Crippen molar-refractivity contribution in [3.8, 4) is 5.75 Å². The highest BCUT2D eigenvalue weighted by molar-refractivity contribution is 5.45. The molecule has 1 aromatic carbocycles. The Morgan fingerprint density at radius 1 is 1.43 bits per heavy atom. The first-order valence-corrected chi connectivity index (χ1v) is 6.86. The van der Waals surface area contributed by atoms with Gasteiger partial charge in [0.05, 0.1) is 7.11 Å². The van der Waals surface area contributed by atoms with Crippen LogP contribution in [0, 0.1) is 11.8 Å². The number of ether oxygens (including phenoxy) is 1. The molecule has 0 aromatic heterocycles. The Bertz CT molecular complexity index is 1100. The zero-order chi connectivity index (χ0) is 27.2. The second-order valence-corrected chi connectivity index (χ2v) is 5.47. The van der Waals surface area contributed by atoms with Gasteiger partial charge in [-0.25, -0.2) is 0 Å². The summed E-state index contributed by atoms with van der Waals surface area (Å²) in [6, 6.07) is 1.44. The van der Waals surface area contributed by atoms with Gasteiger partial charge >= 0.3 is 0 Å². The van der Waals surface area contributed by atoms with Crippen LogP contribution in [0.4, 0.5) is 0 Å². The summed E-state index contributed by atoms with van der Waals surface area (Å²) >= 11 is 0. The summed E-state index contributed by atoms with van der Waals surface area (Å²) in [5, 5.41) is 0. The smallest absolute Gasteiger partial charge is 0.119 e. The van der Waals surface area contributed by atoms with Crippen molar-refractivity contribution in [2.24, 2.45) is 11.8 Å². The molecule has 4 rings (SSSR count). The first-order valence-electron chi connectivity index (χ1n) is 13.9. The first kappa shape index (κ1) is 5.26. The van der Waals surface area contributed by atoms with E-state index in [-0.39, 0.29) is 11.3 Å². The molecular weight excluding hydrogens is 258 g/mol. The fraction of sp³-hybridized carbons (Fsp3) is 0.684. The summed E-state index contributed by atoms with van der Waals surface area (Å²) in [5.41, 5.74) is -4.15. The lowest BCUT2D eigenvalue weighted by molar-refractivity contribution is -0.0112. The van der Waals surface area contributed by atoms with Crippen LogP contribution in [0.15, 0.2) is 18.2 Å². The van der Waals surface area contributed by atoms with E-state index in [1.165, 1.54) is 19.2 Å². The summed E-state index contributed by atoms with van der Waals surface area (Å²) in [6.07, 6.45) is -16.6. The lowest BCUT2D eigenvalue weighted by Crippen LogP contribution is -2.60. The van der Waals surface area contributed by atoms with Gasteiger partial charge in [0.15, 0.2) is 0 Å². The van der Waals surface area contributed by atoms with E-state index in [0.29, 0.717) is 4.90 Å². The maximum Gasteiger partial charge on any atom is 0.119 e. The Labute approximate surface area is 148 Å². The molecule has 1 saturated carbocycles. The number of piperidine rings is 1. The summed E-state index contributed by atoms with van der Waals surface area (Å²) in [4.78, 5) is 0.580. The number of nitrogens with zero attached hydrogens (tertiary/aromatic N) is 1. The molecule has 1 saturated heterocycles. The summed E-state index contributed by atoms with van der Waals surface area (Å²) in [6.45, 7) is -2.39. The third-order valence-electron chi connectivity index (χ3n) is 4.17. The standard InChI is InChI=1S/C19H27NO/c1-13-6-7-19-8-9-20(2)18(17(19)10-13)11-14-4-5-15(21-3)12-16(14)19/h4-5,12-13,17-18H,6-11H2,1-3H3/t13?,17-,18+,19-/m1/s1/i6D2,7D2,8D2,9D2,10D2,11D2,13D,17D. The Morgan fingerprint density at radius 3 is 3.10 bits per heavy atom. The van der Waals surface area contributed by atoms with Crippen molar-refractivity contribution in [2.45, 2.75) is 50.2 Å². The lowest BCUT2D eigenvalue weighted by atomic mass is 9.51. The van der Waals surface area contributed by atoms with Gasteiger partial charge in [0.1, 0.15) is 5.75 Å². The van der Waals surface area contributed by atoms with Crippen molar-refractivity contribution in [3.63, 3.8) is 0 Å². The highest BCUT2D eigenvalue weighted by Gasteiger charge is 2.54. The molecule has 21 heavy (non-hydrogen) atoms. The Balaban J connectivity index is 2.42. The predicted octanol–water partition coefficient (Wildman–Crippen LogP) is 3.63. The van der Waals surface area contributed by atoms with Gasteiger partial charge in [-0.3, -0.25) is 0 Å². The van der Waals surface area contributed by atoms with Gasteiger partial charge in [-0.15, -0.1) is 0 Å². The average Bonchev–Trinajstić information content (AvgIpc) is 2.70. The van der Waals surface area contributed by atoms with Gasteiger partial charge in [0.2, 0.25) is 0 Å². The quantitative estimate of drug-likeness (QED) is 0.785. The normalized spacial score (nSPS) is 69.8. The molecule has 0 radical (unpaired) electrons. The molecule has 4 atom stereocenters. The minimum atomic E-state index is -3.57. The highest BCUT2D eigenvalue weighted by atomic mass is 16.5. The third-order valence-corrected chi connectivity index (χ3v) is 4.17. The molecule has 2 nitrogen and oxygen atoms in total. The van der Waals surface area contributed by atoms with Gasteiger partial charge in [0, 0.05) is 30.6 Å².